The second-order valence-electron chi connectivity index (χ2n) is 4.52. The number of nitrogens with one attached hydrogen (secondary N) is 3. The first-order chi connectivity index (χ1) is 8.65. The molecular weight excluding hydrogens is 234 g/mol. The number of piperidine rings is 1. The van der Waals surface area contributed by atoms with E-state index in [4.69, 9.17) is 4.74 Å². The normalized spacial score (nSPS) is 21.1. The molecule has 1 aliphatic heterocycles. The molecule has 0 aromatic carbocycles. The Labute approximate surface area is 108 Å². The molecule has 2 atom stereocenters. The van der Waals surface area contributed by atoms with Crippen LogP contribution in [0.5, 0.6) is 0 Å². The average Bonchev–Trinajstić information content (AvgIpc) is 2.39. The molecule has 2 amide bonds. The molecule has 2 unspecified atom stereocenters. The average molecular weight is 257 g/mol. The molecule has 1 fully saturated rings. The van der Waals surface area contributed by atoms with Crippen LogP contribution in [0.2, 0.25) is 0 Å². The maximum atomic E-state index is 11.9. The molecule has 0 aliphatic carbocycles. The molecule has 0 aromatic heterocycles. The molecule has 1 aliphatic rings. The highest BCUT2D eigenvalue weighted by molar-refractivity contribution is 5.89. The molecule has 104 valence electrons. The van der Waals surface area contributed by atoms with E-state index >= 15 is 0 Å². The molecule has 3 N–H and O–H groups in total. The zero-order valence-corrected chi connectivity index (χ0v) is 11.1. The second-order valence-corrected chi connectivity index (χ2v) is 4.52. The van der Waals surface area contributed by atoms with Gasteiger partial charge < -0.3 is 20.7 Å². The van der Waals surface area contributed by atoms with Crippen LogP contribution in [-0.2, 0) is 14.3 Å². The zero-order valence-electron chi connectivity index (χ0n) is 11.1. The van der Waals surface area contributed by atoms with E-state index in [1.807, 2.05) is 0 Å². The smallest absolute Gasteiger partial charge is 0.242 e. The highest BCUT2D eigenvalue weighted by Crippen LogP contribution is 2.06. The predicted octanol–water partition coefficient (Wildman–Crippen LogP) is -0.604. The zero-order chi connectivity index (χ0) is 13.4. The fourth-order valence-electron chi connectivity index (χ4n) is 1.88. The first-order valence-corrected chi connectivity index (χ1v) is 6.45. The Kier molecular flexibility index (Phi) is 6.67. The van der Waals surface area contributed by atoms with Gasteiger partial charge in [-0.25, -0.2) is 0 Å². The monoisotopic (exact) mass is 257 g/mol. The number of ether oxygens (including phenoxy) is 1. The highest BCUT2D eigenvalue weighted by atomic mass is 16.5. The number of rotatable bonds is 6. The third-order valence-corrected chi connectivity index (χ3v) is 2.98. The summed E-state index contributed by atoms with van der Waals surface area (Å²) in [5.74, 6) is -0.277. The van der Waals surface area contributed by atoms with Gasteiger partial charge in [0.2, 0.25) is 11.8 Å². The van der Waals surface area contributed by atoms with E-state index < -0.39 is 6.04 Å². The number of hydrogen-bond acceptors (Lipinski definition) is 4. The van der Waals surface area contributed by atoms with E-state index in [0.29, 0.717) is 13.2 Å². The molecule has 1 rings (SSSR count). The van der Waals surface area contributed by atoms with E-state index in [1.165, 1.54) is 0 Å². The number of carbonyl (C=O) groups is 2. The minimum atomic E-state index is -0.516. The fourth-order valence-corrected chi connectivity index (χ4v) is 1.88. The lowest BCUT2D eigenvalue weighted by molar-refractivity contribution is -0.130. The molecule has 0 bridgehead atoms. The molecular formula is C12H23N3O3. The molecule has 6 heteroatoms. The van der Waals surface area contributed by atoms with Gasteiger partial charge in [-0.2, -0.15) is 0 Å². The van der Waals surface area contributed by atoms with Crippen LogP contribution in [0.1, 0.15) is 26.2 Å². The van der Waals surface area contributed by atoms with Gasteiger partial charge in [-0.15, -0.1) is 0 Å². The summed E-state index contributed by atoms with van der Waals surface area (Å²) < 4.78 is 4.84. The SMILES string of the molecule is COCCNC(=O)C(C)NC(=O)C1CCCCN1. The first-order valence-electron chi connectivity index (χ1n) is 6.45. The second kappa shape index (κ2) is 8.05. The van der Waals surface area contributed by atoms with Gasteiger partial charge in [-0.3, -0.25) is 9.59 Å². The molecule has 0 spiro atoms. The van der Waals surface area contributed by atoms with Crippen molar-refractivity contribution in [3.8, 4) is 0 Å². The summed E-state index contributed by atoms with van der Waals surface area (Å²) in [5.41, 5.74) is 0. The van der Waals surface area contributed by atoms with Crippen molar-refractivity contribution in [1.82, 2.24) is 16.0 Å². The van der Waals surface area contributed by atoms with Gasteiger partial charge in [0.15, 0.2) is 0 Å². The Morgan fingerprint density at radius 1 is 1.44 bits per heavy atom. The largest absolute Gasteiger partial charge is 0.383 e. The van der Waals surface area contributed by atoms with Crippen molar-refractivity contribution >= 4 is 11.8 Å². The van der Waals surface area contributed by atoms with Gasteiger partial charge >= 0.3 is 0 Å². The minimum absolute atomic E-state index is 0.0934. The molecule has 0 aromatic rings. The van der Waals surface area contributed by atoms with Crippen molar-refractivity contribution in [3.05, 3.63) is 0 Å². The van der Waals surface area contributed by atoms with Gasteiger partial charge in [-0.05, 0) is 26.3 Å². The third kappa shape index (κ3) is 5.01. The van der Waals surface area contributed by atoms with Crippen molar-refractivity contribution in [2.24, 2.45) is 0 Å². The Hall–Kier alpha value is -1.14. The van der Waals surface area contributed by atoms with Crippen LogP contribution < -0.4 is 16.0 Å². The number of methoxy groups -OCH3 is 1. The molecule has 1 heterocycles. The summed E-state index contributed by atoms with van der Waals surface area (Å²) >= 11 is 0. The standard InChI is InChI=1S/C12H23N3O3/c1-9(11(16)14-7-8-18-2)15-12(17)10-5-3-4-6-13-10/h9-10,13H,3-8H2,1-2H3,(H,14,16)(H,15,17). The quantitative estimate of drug-likeness (QED) is 0.555. The van der Waals surface area contributed by atoms with Gasteiger partial charge in [0.25, 0.3) is 0 Å². The maximum Gasteiger partial charge on any atom is 0.242 e. The van der Waals surface area contributed by atoms with Crippen LogP contribution in [0.4, 0.5) is 0 Å². The van der Waals surface area contributed by atoms with Gasteiger partial charge in [-0.1, -0.05) is 6.42 Å². The molecule has 0 saturated carbocycles. The van der Waals surface area contributed by atoms with Crippen LogP contribution >= 0.6 is 0 Å². The fraction of sp³-hybridized carbons (Fsp3) is 0.833. The van der Waals surface area contributed by atoms with Crippen molar-refractivity contribution in [2.45, 2.75) is 38.3 Å². The predicted molar refractivity (Wildman–Crippen MR) is 68.1 cm³/mol. The third-order valence-electron chi connectivity index (χ3n) is 2.98. The number of hydrogen-bond donors (Lipinski definition) is 3. The lowest BCUT2D eigenvalue weighted by atomic mass is 10.0. The van der Waals surface area contributed by atoms with Gasteiger partial charge in [0.1, 0.15) is 6.04 Å². The minimum Gasteiger partial charge on any atom is -0.383 e. The van der Waals surface area contributed by atoms with E-state index in [1.54, 1.807) is 14.0 Å². The van der Waals surface area contributed by atoms with E-state index in [9.17, 15) is 9.59 Å². The molecule has 1 saturated heterocycles. The van der Waals surface area contributed by atoms with Crippen molar-refractivity contribution in [2.75, 3.05) is 26.8 Å². The van der Waals surface area contributed by atoms with Crippen LogP contribution in [0.3, 0.4) is 0 Å². The van der Waals surface area contributed by atoms with Crippen LogP contribution in [-0.4, -0.2) is 50.7 Å². The molecule has 18 heavy (non-hydrogen) atoms. The molecule has 0 radical (unpaired) electrons. The van der Waals surface area contributed by atoms with E-state index in [0.717, 1.165) is 25.8 Å². The van der Waals surface area contributed by atoms with E-state index in [2.05, 4.69) is 16.0 Å². The summed E-state index contributed by atoms with van der Waals surface area (Å²) in [6.07, 6.45) is 3.00. The summed E-state index contributed by atoms with van der Waals surface area (Å²) in [6, 6.07) is -0.675. The van der Waals surface area contributed by atoms with Crippen LogP contribution in [0, 0.1) is 0 Å². The van der Waals surface area contributed by atoms with Crippen molar-refractivity contribution in [3.63, 3.8) is 0 Å². The summed E-state index contributed by atoms with van der Waals surface area (Å²) in [4.78, 5) is 23.5. The van der Waals surface area contributed by atoms with Crippen LogP contribution in [0.25, 0.3) is 0 Å². The summed E-state index contributed by atoms with van der Waals surface area (Å²) in [5, 5.41) is 8.57. The first kappa shape index (κ1) is 14.9. The van der Waals surface area contributed by atoms with Gasteiger partial charge in [0, 0.05) is 13.7 Å². The maximum absolute atomic E-state index is 11.9. The Balaban J connectivity index is 2.27. The number of amides is 2. The van der Waals surface area contributed by atoms with Gasteiger partial charge in [0.05, 0.1) is 12.6 Å². The van der Waals surface area contributed by atoms with Crippen molar-refractivity contribution < 1.29 is 14.3 Å². The number of carbonyl (C=O) groups excluding carboxylic acids is 2. The van der Waals surface area contributed by atoms with Crippen molar-refractivity contribution in [1.29, 1.82) is 0 Å². The Bertz CT molecular complexity index is 278. The summed E-state index contributed by atoms with van der Waals surface area (Å²) in [6.45, 7) is 3.48. The topological polar surface area (TPSA) is 79.5 Å². The lowest BCUT2D eigenvalue weighted by Gasteiger charge is -2.24. The Morgan fingerprint density at radius 3 is 2.83 bits per heavy atom. The lowest BCUT2D eigenvalue weighted by Crippen LogP contribution is -2.52. The van der Waals surface area contributed by atoms with Crippen LogP contribution in [0.15, 0.2) is 0 Å². The van der Waals surface area contributed by atoms with E-state index in [-0.39, 0.29) is 17.9 Å². The highest BCUT2D eigenvalue weighted by Gasteiger charge is 2.23. The summed E-state index contributed by atoms with van der Waals surface area (Å²) in [7, 11) is 1.58. The molecule has 6 nitrogen and oxygen atoms in total. The Morgan fingerprint density at radius 2 is 2.22 bits per heavy atom.